The SMILES string of the molecule is C=[C](CO[C@H]1/C(=N/OC)[C@H](O[Si](c2ccccc2)(c2ccccc2)C(C)(C)C)[C@H]2CO[C@@H]1O2)[Sn]([c]1ccccc1)([c]1ccccc1)[c]1ccccc1. The molecule has 2 aliphatic rings. The Morgan fingerprint density at radius 1 is 0.712 bits per heavy atom. The van der Waals surface area contributed by atoms with Gasteiger partial charge in [-0.05, 0) is 0 Å². The van der Waals surface area contributed by atoms with Gasteiger partial charge in [-0.25, -0.2) is 0 Å². The molecule has 0 aromatic heterocycles. The Labute approximate surface area is 313 Å². The summed E-state index contributed by atoms with van der Waals surface area (Å²) in [5, 5.41) is 6.75. The summed E-state index contributed by atoms with van der Waals surface area (Å²) in [6.45, 7) is 12.3. The summed E-state index contributed by atoms with van der Waals surface area (Å²) < 4.78 is 32.5. The van der Waals surface area contributed by atoms with E-state index in [-0.39, 0.29) is 17.7 Å². The van der Waals surface area contributed by atoms with Crippen molar-refractivity contribution in [2.24, 2.45) is 5.16 Å². The van der Waals surface area contributed by atoms with E-state index in [0.717, 1.165) is 3.59 Å². The first-order valence-electron chi connectivity index (χ1n) is 17.9. The second-order valence-corrected chi connectivity index (χ2v) is 30.0. The van der Waals surface area contributed by atoms with Crippen LogP contribution in [0.3, 0.4) is 0 Å². The van der Waals surface area contributed by atoms with Gasteiger partial charge in [0.2, 0.25) is 0 Å². The van der Waals surface area contributed by atoms with Gasteiger partial charge in [0.15, 0.2) is 0 Å². The van der Waals surface area contributed by atoms with Crippen LogP contribution < -0.4 is 21.1 Å². The molecule has 52 heavy (non-hydrogen) atoms. The Morgan fingerprint density at radius 2 is 1.15 bits per heavy atom. The number of benzene rings is 5. The second-order valence-electron chi connectivity index (χ2n) is 14.5. The van der Waals surface area contributed by atoms with Gasteiger partial charge in [0, 0.05) is 0 Å². The van der Waals surface area contributed by atoms with Crippen molar-refractivity contribution in [2.45, 2.75) is 50.4 Å². The Bertz CT molecular complexity index is 1820. The maximum atomic E-state index is 7.66. The number of oxime groups is 1. The minimum absolute atomic E-state index is 0.260. The zero-order valence-corrected chi connectivity index (χ0v) is 34.2. The van der Waals surface area contributed by atoms with Crippen molar-refractivity contribution in [1.29, 1.82) is 0 Å². The van der Waals surface area contributed by atoms with Crippen LogP contribution in [-0.4, -0.2) is 77.3 Å². The summed E-state index contributed by atoms with van der Waals surface area (Å²) >= 11 is -3.93. The van der Waals surface area contributed by atoms with Crippen LogP contribution in [0.15, 0.2) is 167 Å². The van der Waals surface area contributed by atoms with E-state index in [4.69, 9.17) is 30.1 Å². The van der Waals surface area contributed by atoms with Gasteiger partial charge in [0.05, 0.1) is 0 Å². The van der Waals surface area contributed by atoms with E-state index in [1.807, 2.05) is 0 Å². The van der Waals surface area contributed by atoms with Gasteiger partial charge in [-0.15, -0.1) is 0 Å². The molecule has 2 saturated heterocycles. The number of nitrogens with zero attached hydrogens (tertiary/aromatic N) is 1. The fourth-order valence-corrected chi connectivity index (χ4v) is 25.9. The van der Waals surface area contributed by atoms with Gasteiger partial charge in [-0.3, -0.25) is 0 Å². The van der Waals surface area contributed by atoms with Gasteiger partial charge < -0.3 is 0 Å². The Morgan fingerprint density at radius 3 is 1.58 bits per heavy atom. The molecule has 5 aromatic rings. The number of hydrogen-bond donors (Lipinski definition) is 0. The molecule has 8 heteroatoms. The summed E-state index contributed by atoms with van der Waals surface area (Å²) in [7, 11) is -1.45. The van der Waals surface area contributed by atoms with Crippen molar-refractivity contribution in [1.82, 2.24) is 0 Å². The van der Waals surface area contributed by atoms with Crippen LogP contribution in [0.4, 0.5) is 0 Å². The fraction of sp³-hybridized carbons (Fsp3) is 0.250. The molecular weight excluding hydrogens is 769 g/mol. The predicted molar refractivity (Wildman–Crippen MR) is 214 cm³/mol. The molecule has 0 amide bonds. The standard InChI is InChI=1S/C26H32NO5Si.3C6H5.Sn/c1-6-17-29-24-22(27-28-5)23(21-18-30-25(24)31-21)32-33(26(2,3)4,19-13-9-7-10-14-19)20-15-11-8-12-16-20;3*1-2-4-6-5-3-1;/h7-16,21,23-25H,1,17-18H2,2-5H3;3*1-5H;/b27-22+;;;;/t21-,23-,24+,25-;;;;/m1..../s1. The molecule has 4 atom stereocenters. The van der Waals surface area contributed by atoms with Gasteiger partial charge in [-0.2, -0.15) is 0 Å². The number of ether oxygens (including phenoxy) is 3. The number of hydrogen-bond acceptors (Lipinski definition) is 6. The normalized spacial score (nSPS) is 21.2. The van der Waals surface area contributed by atoms with E-state index < -0.39 is 45.2 Å². The van der Waals surface area contributed by atoms with Gasteiger partial charge in [-0.1, -0.05) is 0 Å². The van der Waals surface area contributed by atoms with E-state index in [2.05, 4.69) is 178 Å². The minimum atomic E-state index is -3.93. The van der Waals surface area contributed by atoms with Crippen LogP contribution in [0, 0.1) is 0 Å². The number of fused-ring (bicyclic) bond motifs is 2. The average Bonchev–Trinajstić information content (AvgIpc) is 3.62. The van der Waals surface area contributed by atoms with Crippen LogP contribution >= 0.6 is 0 Å². The molecule has 0 N–H and O–H groups in total. The first-order chi connectivity index (χ1) is 25.3. The zero-order chi connectivity index (χ0) is 36.2. The van der Waals surface area contributed by atoms with Gasteiger partial charge in [0.1, 0.15) is 0 Å². The molecule has 0 aliphatic carbocycles. The van der Waals surface area contributed by atoms with Crippen molar-refractivity contribution >= 4 is 53.5 Å². The fourth-order valence-electron chi connectivity index (χ4n) is 8.12. The van der Waals surface area contributed by atoms with Crippen molar-refractivity contribution in [3.63, 3.8) is 0 Å². The van der Waals surface area contributed by atoms with Crippen molar-refractivity contribution in [3.8, 4) is 0 Å². The van der Waals surface area contributed by atoms with Crippen molar-refractivity contribution < 1.29 is 23.5 Å². The molecule has 266 valence electrons. The van der Waals surface area contributed by atoms with E-state index >= 15 is 0 Å². The number of rotatable bonds is 12. The summed E-state index contributed by atoms with van der Waals surface area (Å²) in [5.74, 6) is 0. The van der Waals surface area contributed by atoms with Crippen LogP contribution in [0.5, 0.6) is 0 Å². The Hall–Kier alpha value is -3.83. The van der Waals surface area contributed by atoms with E-state index in [1.54, 1.807) is 7.11 Å². The summed E-state index contributed by atoms with van der Waals surface area (Å²) in [5.41, 5.74) is 0.641. The van der Waals surface area contributed by atoms with E-state index in [0.29, 0.717) is 12.3 Å². The summed E-state index contributed by atoms with van der Waals surface area (Å²) in [6, 6.07) is 53.7. The third-order valence-electron chi connectivity index (χ3n) is 10.4. The molecule has 5 aromatic carbocycles. The molecule has 0 spiro atoms. The Kier molecular flexibility index (Phi) is 11.0. The predicted octanol–water partition coefficient (Wildman–Crippen LogP) is 5.34. The molecular formula is C44H47NO5SiSn. The monoisotopic (exact) mass is 817 g/mol. The molecule has 2 bridgehead atoms. The van der Waals surface area contributed by atoms with Crippen LogP contribution in [0.25, 0.3) is 0 Å². The van der Waals surface area contributed by atoms with Crippen LogP contribution in [0.1, 0.15) is 20.8 Å². The van der Waals surface area contributed by atoms with Crippen molar-refractivity contribution in [2.75, 3.05) is 20.3 Å². The first kappa shape index (κ1) is 36.5. The van der Waals surface area contributed by atoms with E-state index in [1.165, 1.54) is 21.1 Å². The van der Waals surface area contributed by atoms with Gasteiger partial charge >= 0.3 is 315 Å². The third-order valence-corrected chi connectivity index (χ3v) is 29.1. The molecule has 0 saturated carbocycles. The summed E-state index contributed by atoms with van der Waals surface area (Å²) in [4.78, 5) is 5.58. The zero-order valence-electron chi connectivity index (χ0n) is 30.4. The van der Waals surface area contributed by atoms with Crippen LogP contribution in [-0.2, 0) is 23.5 Å². The molecule has 6 nitrogen and oxygen atoms in total. The molecule has 2 heterocycles. The topological polar surface area (TPSA) is 58.5 Å². The second kappa shape index (κ2) is 15.6. The summed E-state index contributed by atoms with van der Waals surface area (Å²) in [6.07, 6.45) is -2.28. The molecule has 2 aliphatic heterocycles. The molecule has 0 unspecified atom stereocenters. The Balaban J connectivity index is 1.29. The van der Waals surface area contributed by atoms with Gasteiger partial charge in [0.25, 0.3) is 0 Å². The van der Waals surface area contributed by atoms with E-state index in [9.17, 15) is 0 Å². The third kappa shape index (κ3) is 6.63. The van der Waals surface area contributed by atoms with Crippen LogP contribution in [0.2, 0.25) is 5.04 Å². The molecule has 7 rings (SSSR count). The average molecular weight is 817 g/mol. The first-order valence-corrected chi connectivity index (χ1v) is 25.6. The molecule has 2 fully saturated rings. The quantitative estimate of drug-likeness (QED) is 0.126. The van der Waals surface area contributed by atoms with Crippen molar-refractivity contribution in [3.05, 3.63) is 162 Å². The molecule has 0 radical (unpaired) electrons. The maximum absolute atomic E-state index is 7.66.